The number of carbonyl (C=O) groups is 2. The summed E-state index contributed by atoms with van der Waals surface area (Å²) in [4.78, 5) is 32.7. The zero-order valence-electron chi connectivity index (χ0n) is 10.8. The molecule has 1 aromatic carbocycles. The van der Waals surface area contributed by atoms with Crippen LogP contribution in [0.1, 0.15) is 12.5 Å². The van der Waals surface area contributed by atoms with Gasteiger partial charge in [-0.2, -0.15) is 12.6 Å². The summed E-state index contributed by atoms with van der Waals surface area (Å²) in [7, 11) is 0. The van der Waals surface area contributed by atoms with Gasteiger partial charge in [-0.25, -0.2) is 0 Å². The minimum atomic E-state index is -0.700. The van der Waals surface area contributed by atoms with Crippen LogP contribution < -0.4 is 10.6 Å². The Hall–Kier alpha value is -2.09. The number of nitro groups is 1. The van der Waals surface area contributed by atoms with Crippen LogP contribution >= 0.6 is 12.6 Å². The Morgan fingerprint density at radius 3 is 2.40 bits per heavy atom. The van der Waals surface area contributed by atoms with Crippen LogP contribution in [0.2, 0.25) is 0 Å². The van der Waals surface area contributed by atoms with Gasteiger partial charge in [0.15, 0.2) is 0 Å². The van der Waals surface area contributed by atoms with Crippen LogP contribution in [0.3, 0.4) is 0 Å². The molecule has 0 fully saturated rings. The summed E-state index contributed by atoms with van der Waals surface area (Å²) in [5.74, 6) is -0.478. The van der Waals surface area contributed by atoms with Gasteiger partial charge >= 0.3 is 0 Å². The molecule has 0 aliphatic rings. The van der Waals surface area contributed by atoms with E-state index in [0.717, 1.165) is 5.56 Å². The third-order valence-corrected chi connectivity index (χ3v) is 2.86. The predicted molar refractivity (Wildman–Crippen MR) is 76.4 cm³/mol. The molecule has 0 saturated carbocycles. The van der Waals surface area contributed by atoms with Crippen molar-refractivity contribution in [2.24, 2.45) is 0 Å². The van der Waals surface area contributed by atoms with Crippen molar-refractivity contribution in [2.75, 3.05) is 5.75 Å². The van der Waals surface area contributed by atoms with Gasteiger partial charge in [-0.05, 0) is 5.56 Å². The molecule has 0 spiro atoms. The average molecular weight is 297 g/mol. The number of nitrogens with zero attached hydrogens (tertiary/aromatic N) is 1. The molecule has 8 heteroatoms. The Morgan fingerprint density at radius 2 is 1.95 bits per heavy atom. The number of rotatable bonds is 6. The maximum atomic E-state index is 11.8. The van der Waals surface area contributed by atoms with Gasteiger partial charge in [0.05, 0.1) is 4.92 Å². The van der Waals surface area contributed by atoms with E-state index in [1.165, 1.54) is 19.1 Å². The van der Waals surface area contributed by atoms with Crippen molar-refractivity contribution in [2.45, 2.75) is 19.5 Å². The zero-order valence-corrected chi connectivity index (χ0v) is 11.7. The van der Waals surface area contributed by atoms with Gasteiger partial charge in [0.2, 0.25) is 11.8 Å². The molecule has 0 saturated heterocycles. The van der Waals surface area contributed by atoms with E-state index in [0.29, 0.717) is 0 Å². The number of nitrogens with one attached hydrogen (secondary N) is 2. The van der Waals surface area contributed by atoms with E-state index < -0.39 is 11.0 Å². The Bertz CT molecular complexity index is 504. The molecule has 1 rings (SSSR count). The van der Waals surface area contributed by atoms with Crippen LogP contribution in [0, 0.1) is 10.1 Å². The molecule has 0 heterocycles. The number of benzene rings is 1. The van der Waals surface area contributed by atoms with E-state index >= 15 is 0 Å². The quantitative estimate of drug-likeness (QED) is 0.407. The summed E-state index contributed by atoms with van der Waals surface area (Å²) in [6.07, 6.45) is 0. The fraction of sp³-hybridized carbons (Fsp3) is 0.333. The second kappa shape index (κ2) is 7.49. The highest BCUT2D eigenvalue weighted by Crippen LogP contribution is 2.11. The van der Waals surface area contributed by atoms with E-state index in [-0.39, 0.29) is 29.8 Å². The monoisotopic (exact) mass is 297 g/mol. The van der Waals surface area contributed by atoms with Crippen molar-refractivity contribution < 1.29 is 14.5 Å². The van der Waals surface area contributed by atoms with Gasteiger partial charge in [0, 0.05) is 31.4 Å². The van der Waals surface area contributed by atoms with E-state index in [9.17, 15) is 19.7 Å². The largest absolute Gasteiger partial charge is 0.350 e. The Kier molecular flexibility index (Phi) is 5.98. The van der Waals surface area contributed by atoms with Gasteiger partial charge in [-0.3, -0.25) is 19.7 Å². The molecule has 7 nitrogen and oxygen atoms in total. The molecule has 0 bridgehead atoms. The van der Waals surface area contributed by atoms with Crippen LogP contribution in [-0.4, -0.2) is 28.5 Å². The van der Waals surface area contributed by atoms with Gasteiger partial charge < -0.3 is 10.6 Å². The molecule has 0 aromatic heterocycles. The normalized spacial score (nSPS) is 11.5. The molecule has 20 heavy (non-hydrogen) atoms. The minimum absolute atomic E-state index is 0.00782. The summed E-state index contributed by atoms with van der Waals surface area (Å²) >= 11 is 4.00. The highest BCUT2D eigenvalue weighted by atomic mass is 32.1. The summed E-state index contributed by atoms with van der Waals surface area (Å²) in [6.45, 7) is 1.54. The maximum absolute atomic E-state index is 11.8. The number of amides is 2. The second-order valence-electron chi connectivity index (χ2n) is 4.08. The molecule has 1 unspecified atom stereocenters. The molecule has 0 aliphatic heterocycles. The number of non-ortho nitro benzene ring substituents is 1. The molecular formula is C12H15N3O4S. The van der Waals surface area contributed by atoms with Crippen LogP contribution in [0.5, 0.6) is 0 Å². The summed E-state index contributed by atoms with van der Waals surface area (Å²) in [5.41, 5.74) is 0.719. The van der Waals surface area contributed by atoms with E-state index in [4.69, 9.17) is 0 Å². The molecule has 0 aliphatic carbocycles. The predicted octanol–water partition coefficient (Wildman–Crippen LogP) is 0.645. The van der Waals surface area contributed by atoms with Crippen LogP contribution in [0.15, 0.2) is 24.3 Å². The first-order valence-corrected chi connectivity index (χ1v) is 6.46. The lowest BCUT2D eigenvalue weighted by Crippen LogP contribution is -2.47. The SMILES string of the molecule is CC(=O)NC(CS)C(=O)NCc1ccc([N+](=O)[O-])cc1. The molecule has 1 atom stereocenters. The van der Waals surface area contributed by atoms with Crippen LogP contribution in [-0.2, 0) is 16.1 Å². The lowest BCUT2D eigenvalue weighted by molar-refractivity contribution is -0.384. The number of thiol groups is 1. The Labute approximate surface area is 121 Å². The van der Waals surface area contributed by atoms with Gasteiger partial charge in [-0.15, -0.1) is 0 Å². The first kappa shape index (κ1) is 16.0. The molecule has 1 aromatic rings. The van der Waals surface area contributed by atoms with Crippen molar-refractivity contribution in [3.05, 3.63) is 39.9 Å². The summed E-state index contributed by atoms with van der Waals surface area (Å²) in [5, 5.41) is 15.6. The van der Waals surface area contributed by atoms with Crippen molar-refractivity contribution >= 4 is 30.1 Å². The first-order chi connectivity index (χ1) is 9.43. The number of nitro benzene ring substituents is 1. The van der Waals surface area contributed by atoms with Crippen molar-refractivity contribution in [3.63, 3.8) is 0 Å². The lowest BCUT2D eigenvalue weighted by atomic mass is 10.2. The molecule has 2 amide bonds. The van der Waals surface area contributed by atoms with E-state index in [1.54, 1.807) is 12.1 Å². The molecule has 2 N–H and O–H groups in total. The third-order valence-electron chi connectivity index (χ3n) is 2.49. The fourth-order valence-electron chi connectivity index (χ4n) is 1.49. The van der Waals surface area contributed by atoms with Gasteiger partial charge in [0.1, 0.15) is 6.04 Å². The third kappa shape index (κ3) is 4.88. The maximum Gasteiger partial charge on any atom is 0.269 e. The van der Waals surface area contributed by atoms with E-state index in [2.05, 4.69) is 23.3 Å². The Balaban J connectivity index is 2.55. The average Bonchev–Trinajstić information content (AvgIpc) is 2.42. The standard InChI is InChI=1S/C12H15N3O4S/c1-8(16)14-11(7-20)12(17)13-6-9-2-4-10(5-3-9)15(18)19/h2-5,11,20H,6-7H2,1H3,(H,13,17)(H,14,16). The summed E-state index contributed by atoms with van der Waals surface area (Å²) in [6, 6.07) is 5.16. The van der Waals surface area contributed by atoms with Crippen LogP contribution in [0.4, 0.5) is 5.69 Å². The molecular weight excluding hydrogens is 282 g/mol. The van der Waals surface area contributed by atoms with Crippen molar-refractivity contribution in [1.29, 1.82) is 0 Å². The number of carbonyl (C=O) groups excluding carboxylic acids is 2. The highest BCUT2D eigenvalue weighted by molar-refractivity contribution is 7.80. The van der Waals surface area contributed by atoms with Crippen molar-refractivity contribution in [3.8, 4) is 0 Å². The van der Waals surface area contributed by atoms with Crippen LogP contribution in [0.25, 0.3) is 0 Å². The summed E-state index contributed by atoms with van der Waals surface area (Å²) < 4.78 is 0. The smallest absolute Gasteiger partial charge is 0.269 e. The second-order valence-corrected chi connectivity index (χ2v) is 4.44. The topological polar surface area (TPSA) is 101 Å². The zero-order chi connectivity index (χ0) is 15.1. The van der Waals surface area contributed by atoms with Crippen molar-refractivity contribution in [1.82, 2.24) is 10.6 Å². The van der Waals surface area contributed by atoms with Gasteiger partial charge in [-0.1, -0.05) is 12.1 Å². The Morgan fingerprint density at radius 1 is 1.35 bits per heavy atom. The van der Waals surface area contributed by atoms with E-state index in [1.807, 2.05) is 0 Å². The fourth-order valence-corrected chi connectivity index (χ4v) is 1.74. The minimum Gasteiger partial charge on any atom is -0.350 e. The number of hydrogen-bond acceptors (Lipinski definition) is 5. The first-order valence-electron chi connectivity index (χ1n) is 5.83. The molecule has 108 valence electrons. The highest BCUT2D eigenvalue weighted by Gasteiger charge is 2.17. The number of hydrogen-bond donors (Lipinski definition) is 3. The lowest BCUT2D eigenvalue weighted by Gasteiger charge is -2.15. The van der Waals surface area contributed by atoms with Gasteiger partial charge in [0.25, 0.3) is 5.69 Å². The molecule has 0 radical (unpaired) electrons.